The van der Waals surface area contributed by atoms with Gasteiger partial charge in [0.15, 0.2) is 0 Å². The van der Waals surface area contributed by atoms with Crippen molar-refractivity contribution >= 4 is 18.4 Å². The lowest BCUT2D eigenvalue weighted by Crippen LogP contribution is -2.38. The molecule has 1 atom stereocenters. The zero-order chi connectivity index (χ0) is 7.44. The Labute approximate surface area is 67.2 Å². The molecule has 0 fully saturated rings. The summed E-state index contributed by atoms with van der Waals surface area (Å²) < 4.78 is 0. The van der Waals surface area contributed by atoms with Gasteiger partial charge in [0.2, 0.25) is 0 Å². The zero-order valence-corrected chi connectivity index (χ0v) is 7.23. The second kappa shape index (κ2) is 5.50. The van der Waals surface area contributed by atoms with Crippen molar-refractivity contribution < 1.29 is 9.90 Å². The summed E-state index contributed by atoms with van der Waals surface area (Å²) in [5, 5.41) is 11.2. The Kier molecular flexibility index (Phi) is 6.82. The van der Waals surface area contributed by atoms with Crippen LogP contribution >= 0.6 is 12.4 Å². The van der Waals surface area contributed by atoms with Crippen LogP contribution in [0.15, 0.2) is 0 Å². The van der Waals surface area contributed by atoms with Crippen molar-refractivity contribution in [1.29, 1.82) is 0 Å². The van der Waals surface area contributed by atoms with E-state index >= 15 is 0 Å². The summed E-state index contributed by atoms with van der Waals surface area (Å²) in [7, 11) is 0. The summed E-state index contributed by atoms with van der Waals surface area (Å²) in [6, 6.07) is -0.207. The lowest BCUT2D eigenvalue weighted by Gasteiger charge is -2.11. The molecule has 0 aliphatic carbocycles. The summed E-state index contributed by atoms with van der Waals surface area (Å²) in [6.07, 6.45) is 0. The molecule has 0 amide bonds. The second-order valence-electron chi connectivity index (χ2n) is 2.38. The highest BCUT2D eigenvalue weighted by molar-refractivity contribution is 5.85. The van der Waals surface area contributed by atoms with Crippen molar-refractivity contribution in [1.82, 2.24) is 5.32 Å². The molecule has 0 bridgehead atoms. The summed E-state index contributed by atoms with van der Waals surface area (Å²) in [6.45, 7) is 5.46. The third-order valence-electron chi connectivity index (χ3n) is 0.954. The third-order valence-corrected chi connectivity index (χ3v) is 0.954. The topological polar surface area (TPSA) is 49.3 Å². The lowest BCUT2D eigenvalue weighted by molar-refractivity contribution is -0.139. The van der Waals surface area contributed by atoms with Gasteiger partial charge in [-0.2, -0.15) is 0 Å². The molecule has 0 aliphatic heterocycles. The van der Waals surface area contributed by atoms with E-state index in [9.17, 15) is 4.79 Å². The van der Waals surface area contributed by atoms with Crippen molar-refractivity contribution in [2.24, 2.45) is 0 Å². The lowest BCUT2D eigenvalue weighted by atomic mass is 10.3. The fourth-order valence-corrected chi connectivity index (χ4v) is 0.571. The normalized spacial score (nSPS) is 12.4. The molecule has 0 rings (SSSR count). The minimum Gasteiger partial charge on any atom is -0.480 e. The maximum absolute atomic E-state index is 10.2. The van der Waals surface area contributed by atoms with Crippen LogP contribution in [-0.2, 0) is 4.79 Å². The molecule has 1 unspecified atom stereocenters. The van der Waals surface area contributed by atoms with Crippen LogP contribution in [0.25, 0.3) is 0 Å². The van der Waals surface area contributed by atoms with Crippen LogP contribution in [0.2, 0.25) is 0 Å². The molecule has 0 saturated heterocycles. The maximum Gasteiger partial charge on any atom is 0.320 e. The van der Waals surface area contributed by atoms with Crippen LogP contribution in [0.1, 0.15) is 20.8 Å². The Hall–Kier alpha value is -0.280. The van der Waals surface area contributed by atoms with Crippen LogP contribution in [-0.4, -0.2) is 23.2 Å². The molecular formula is C6H14ClNO2. The van der Waals surface area contributed by atoms with E-state index in [1.165, 1.54) is 0 Å². The summed E-state index contributed by atoms with van der Waals surface area (Å²) >= 11 is 0. The molecular weight excluding hydrogens is 154 g/mol. The van der Waals surface area contributed by atoms with E-state index in [-0.39, 0.29) is 18.4 Å². The van der Waals surface area contributed by atoms with E-state index in [0.717, 1.165) is 0 Å². The number of aliphatic carboxylic acids is 1. The number of hydrogen-bond donors (Lipinski definition) is 2. The van der Waals surface area contributed by atoms with Gasteiger partial charge >= 0.3 is 5.97 Å². The van der Waals surface area contributed by atoms with Gasteiger partial charge in [-0.25, -0.2) is 0 Å². The van der Waals surface area contributed by atoms with Crippen LogP contribution < -0.4 is 5.32 Å². The van der Waals surface area contributed by atoms with E-state index in [2.05, 4.69) is 5.32 Å². The highest BCUT2D eigenvalue weighted by Gasteiger charge is 2.09. The third kappa shape index (κ3) is 5.85. The van der Waals surface area contributed by atoms with Gasteiger partial charge in [-0.15, -0.1) is 12.4 Å². The van der Waals surface area contributed by atoms with Gasteiger partial charge in [-0.3, -0.25) is 4.79 Å². The SMILES string of the molecule is CC(C)NC(C)C(=O)O.Cl. The fourth-order valence-electron chi connectivity index (χ4n) is 0.571. The predicted molar refractivity (Wildman–Crippen MR) is 42.6 cm³/mol. The van der Waals surface area contributed by atoms with Gasteiger partial charge in [0.05, 0.1) is 0 Å². The van der Waals surface area contributed by atoms with Crippen LogP contribution in [0, 0.1) is 0 Å². The molecule has 0 spiro atoms. The number of carboxylic acids is 1. The molecule has 0 heterocycles. The highest BCUT2D eigenvalue weighted by Crippen LogP contribution is 1.84. The first kappa shape index (κ1) is 12.4. The van der Waals surface area contributed by atoms with Crippen LogP contribution in [0.3, 0.4) is 0 Å². The predicted octanol–water partition coefficient (Wildman–Crippen LogP) is 0.879. The molecule has 10 heavy (non-hydrogen) atoms. The molecule has 0 aromatic rings. The molecule has 0 radical (unpaired) electrons. The Balaban J connectivity index is 0. The minimum atomic E-state index is -0.802. The van der Waals surface area contributed by atoms with Crippen LogP contribution in [0.4, 0.5) is 0 Å². The van der Waals surface area contributed by atoms with Gasteiger partial charge in [0, 0.05) is 6.04 Å². The Bertz CT molecular complexity index is 106. The van der Waals surface area contributed by atoms with Crippen molar-refractivity contribution in [3.8, 4) is 0 Å². The molecule has 0 aromatic heterocycles. The number of carbonyl (C=O) groups is 1. The number of carboxylic acid groups (broad SMARTS) is 1. The number of rotatable bonds is 3. The molecule has 0 aromatic carbocycles. The molecule has 4 heteroatoms. The van der Waals surface area contributed by atoms with E-state index in [4.69, 9.17) is 5.11 Å². The Morgan fingerprint density at radius 3 is 1.90 bits per heavy atom. The average molecular weight is 168 g/mol. The van der Waals surface area contributed by atoms with Crippen molar-refractivity contribution in [2.75, 3.05) is 0 Å². The van der Waals surface area contributed by atoms with E-state index in [1.54, 1.807) is 6.92 Å². The molecule has 62 valence electrons. The molecule has 0 saturated carbocycles. The van der Waals surface area contributed by atoms with E-state index in [0.29, 0.717) is 0 Å². The summed E-state index contributed by atoms with van der Waals surface area (Å²) in [4.78, 5) is 10.2. The van der Waals surface area contributed by atoms with Crippen molar-refractivity contribution in [3.05, 3.63) is 0 Å². The van der Waals surface area contributed by atoms with Crippen molar-refractivity contribution in [2.45, 2.75) is 32.9 Å². The standard InChI is InChI=1S/C6H13NO2.ClH/c1-4(2)7-5(3)6(8)9;/h4-5,7H,1-3H3,(H,8,9);1H. The van der Waals surface area contributed by atoms with E-state index in [1.807, 2.05) is 13.8 Å². The quantitative estimate of drug-likeness (QED) is 0.656. The fraction of sp³-hybridized carbons (Fsp3) is 0.833. The number of halogens is 1. The smallest absolute Gasteiger partial charge is 0.320 e. The van der Waals surface area contributed by atoms with Gasteiger partial charge < -0.3 is 10.4 Å². The largest absolute Gasteiger partial charge is 0.480 e. The highest BCUT2D eigenvalue weighted by atomic mass is 35.5. The van der Waals surface area contributed by atoms with Crippen LogP contribution in [0.5, 0.6) is 0 Å². The minimum absolute atomic E-state index is 0. The molecule has 3 nitrogen and oxygen atoms in total. The molecule has 2 N–H and O–H groups in total. The van der Waals surface area contributed by atoms with Gasteiger partial charge in [0.1, 0.15) is 6.04 Å². The van der Waals surface area contributed by atoms with Gasteiger partial charge in [0.25, 0.3) is 0 Å². The summed E-state index contributed by atoms with van der Waals surface area (Å²) in [5.74, 6) is -0.802. The summed E-state index contributed by atoms with van der Waals surface area (Å²) in [5.41, 5.74) is 0. The van der Waals surface area contributed by atoms with Crippen molar-refractivity contribution in [3.63, 3.8) is 0 Å². The first-order valence-corrected chi connectivity index (χ1v) is 3.03. The monoisotopic (exact) mass is 167 g/mol. The number of hydrogen-bond acceptors (Lipinski definition) is 2. The van der Waals surface area contributed by atoms with Gasteiger partial charge in [-0.05, 0) is 6.92 Å². The van der Waals surface area contributed by atoms with E-state index < -0.39 is 12.0 Å². The maximum atomic E-state index is 10.2. The number of nitrogens with one attached hydrogen (secondary N) is 1. The average Bonchev–Trinajstić information content (AvgIpc) is 1.63. The second-order valence-corrected chi connectivity index (χ2v) is 2.38. The first-order chi connectivity index (χ1) is 4.04. The van der Waals surface area contributed by atoms with Gasteiger partial charge in [-0.1, -0.05) is 13.8 Å². The zero-order valence-electron chi connectivity index (χ0n) is 6.42. The first-order valence-electron chi connectivity index (χ1n) is 3.03. The Morgan fingerprint density at radius 1 is 1.40 bits per heavy atom. The molecule has 0 aliphatic rings. The Morgan fingerprint density at radius 2 is 1.80 bits per heavy atom.